The Kier molecular flexibility index (Phi) is 5.75. The van der Waals surface area contributed by atoms with Crippen molar-refractivity contribution in [1.82, 2.24) is 14.9 Å². The molecule has 28 heavy (non-hydrogen) atoms. The summed E-state index contributed by atoms with van der Waals surface area (Å²) >= 11 is 0. The Bertz CT molecular complexity index is 994. The molecule has 2 heterocycles. The summed E-state index contributed by atoms with van der Waals surface area (Å²) in [5.41, 5.74) is 0.736. The molecule has 0 aliphatic carbocycles. The number of carbonyl (C=O) groups is 1. The molecule has 0 spiro atoms. The van der Waals surface area contributed by atoms with Crippen LogP contribution in [0.5, 0.6) is 5.88 Å². The van der Waals surface area contributed by atoms with E-state index >= 15 is 0 Å². The Balaban J connectivity index is 1.77. The summed E-state index contributed by atoms with van der Waals surface area (Å²) < 4.78 is 29.0. The van der Waals surface area contributed by atoms with E-state index in [9.17, 15) is 18.5 Å². The molecule has 1 aromatic carbocycles. The summed E-state index contributed by atoms with van der Waals surface area (Å²) in [5.74, 6) is 0.447. The number of anilines is 2. The lowest BCUT2D eigenvalue weighted by atomic mass is 10.1. The zero-order valence-corrected chi connectivity index (χ0v) is 16.0. The Morgan fingerprint density at radius 1 is 1.25 bits per heavy atom. The molecule has 1 aromatic heterocycles. The number of hydrogen-bond donors (Lipinski definition) is 1. The van der Waals surface area contributed by atoms with Gasteiger partial charge in [0.1, 0.15) is 18.5 Å². The Morgan fingerprint density at radius 3 is 2.50 bits per heavy atom. The van der Waals surface area contributed by atoms with Crippen LogP contribution >= 0.6 is 0 Å². The number of aromatic nitrogens is 2. The van der Waals surface area contributed by atoms with Gasteiger partial charge in [0, 0.05) is 37.9 Å². The van der Waals surface area contributed by atoms with Crippen LogP contribution in [0, 0.1) is 11.3 Å². The monoisotopic (exact) mass is 401 g/mol. The zero-order chi connectivity index (χ0) is 20.1. The van der Waals surface area contributed by atoms with Crippen LogP contribution in [-0.4, -0.2) is 55.1 Å². The number of benzene rings is 1. The molecule has 2 aromatic rings. The van der Waals surface area contributed by atoms with Crippen molar-refractivity contribution in [3.63, 3.8) is 0 Å². The van der Waals surface area contributed by atoms with E-state index in [4.69, 9.17) is 4.74 Å². The molecule has 0 saturated carbocycles. The number of piperidine rings is 1. The average Bonchev–Trinajstić information content (AvgIpc) is 2.68. The molecular weight excluding hydrogens is 382 g/mol. The van der Waals surface area contributed by atoms with E-state index in [2.05, 4.69) is 21.4 Å². The lowest BCUT2D eigenvalue weighted by Crippen LogP contribution is -2.37. The van der Waals surface area contributed by atoms with Crippen molar-refractivity contribution < 1.29 is 17.9 Å². The Labute approximate surface area is 162 Å². The first kappa shape index (κ1) is 19.6. The molecule has 3 rings (SSSR count). The molecule has 0 atom stereocenters. The Hall–Kier alpha value is -3.19. The molecule has 0 bridgehead atoms. The fourth-order valence-corrected chi connectivity index (χ4v) is 3.46. The lowest BCUT2D eigenvalue weighted by molar-refractivity contribution is -0.119. The molecule has 1 N–H and O–H groups in total. The molecule has 146 valence electrons. The highest BCUT2D eigenvalue weighted by atomic mass is 32.2. The van der Waals surface area contributed by atoms with Crippen LogP contribution in [0.1, 0.15) is 18.4 Å². The van der Waals surface area contributed by atoms with Gasteiger partial charge in [0.05, 0.1) is 4.90 Å². The third kappa shape index (κ3) is 4.55. The number of sulfone groups is 1. The average molecular weight is 401 g/mol. The summed E-state index contributed by atoms with van der Waals surface area (Å²) in [5, 5.41) is 12.5. The van der Waals surface area contributed by atoms with Crippen LogP contribution in [0.3, 0.4) is 0 Å². The van der Waals surface area contributed by atoms with Gasteiger partial charge in [0.25, 0.3) is 0 Å². The quantitative estimate of drug-likeness (QED) is 0.722. The second-order valence-electron chi connectivity index (χ2n) is 6.39. The maximum absolute atomic E-state index is 11.6. The van der Waals surface area contributed by atoms with Crippen LogP contribution in [0.25, 0.3) is 0 Å². The molecule has 1 fully saturated rings. The largest absolute Gasteiger partial charge is 0.473 e. The number of hydrogen-bond acceptors (Lipinski definition) is 8. The second-order valence-corrected chi connectivity index (χ2v) is 8.41. The number of amides is 1. The fourth-order valence-electron chi connectivity index (χ4n) is 2.83. The molecule has 9 nitrogen and oxygen atoms in total. The van der Waals surface area contributed by atoms with Gasteiger partial charge in [-0.3, -0.25) is 4.79 Å². The minimum Gasteiger partial charge on any atom is -0.473 e. The summed E-state index contributed by atoms with van der Waals surface area (Å²) in [4.78, 5) is 20.8. The minimum absolute atomic E-state index is 0.139. The van der Waals surface area contributed by atoms with Crippen molar-refractivity contribution >= 4 is 27.8 Å². The SMILES string of the molecule is CS(=O)(=O)c1ccc(Nc2ncnc(OC3CCN(C=O)CC3)c2C#N)cc1. The van der Waals surface area contributed by atoms with Gasteiger partial charge in [-0.05, 0) is 24.3 Å². The molecule has 1 amide bonds. The van der Waals surface area contributed by atoms with E-state index in [1.165, 1.54) is 18.5 Å². The third-order valence-corrected chi connectivity index (χ3v) is 5.50. The molecule has 1 aliphatic heterocycles. The van der Waals surface area contributed by atoms with Gasteiger partial charge in [-0.25, -0.2) is 18.4 Å². The topological polar surface area (TPSA) is 125 Å². The first-order chi connectivity index (χ1) is 13.4. The molecule has 10 heteroatoms. The van der Waals surface area contributed by atoms with Crippen molar-refractivity contribution in [3.8, 4) is 11.9 Å². The van der Waals surface area contributed by atoms with Gasteiger partial charge in [-0.1, -0.05) is 0 Å². The normalized spacial score (nSPS) is 14.9. The predicted molar refractivity (Wildman–Crippen MR) is 101 cm³/mol. The summed E-state index contributed by atoms with van der Waals surface area (Å²) in [6.45, 7) is 1.19. The number of rotatable bonds is 6. The van der Waals surface area contributed by atoms with E-state index < -0.39 is 9.84 Å². The van der Waals surface area contributed by atoms with Gasteiger partial charge >= 0.3 is 0 Å². The number of nitrogens with one attached hydrogen (secondary N) is 1. The number of nitrogens with zero attached hydrogens (tertiary/aromatic N) is 4. The van der Waals surface area contributed by atoms with Crippen LogP contribution in [-0.2, 0) is 14.6 Å². The third-order valence-electron chi connectivity index (χ3n) is 4.37. The maximum Gasteiger partial charge on any atom is 0.237 e. The van der Waals surface area contributed by atoms with Crippen molar-refractivity contribution in [3.05, 3.63) is 36.2 Å². The lowest BCUT2D eigenvalue weighted by Gasteiger charge is -2.29. The van der Waals surface area contributed by atoms with Crippen LogP contribution in [0.4, 0.5) is 11.5 Å². The maximum atomic E-state index is 11.6. The second kappa shape index (κ2) is 8.22. The van der Waals surface area contributed by atoms with Gasteiger partial charge in [0.2, 0.25) is 12.3 Å². The van der Waals surface area contributed by atoms with Gasteiger partial charge in [-0.2, -0.15) is 5.26 Å². The first-order valence-electron chi connectivity index (χ1n) is 8.59. The van der Waals surface area contributed by atoms with Gasteiger partial charge in [-0.15, -0.1) is 0 Å². The van der Waals surface area contributed by atoms with Crippen LogP contribution < -0.4 is 10.1 Å². The van der Waals surface area contributed by atoms with E-state index in [0.717, 1.165) is 12.7 Å². The highest BCUT2D eigenvalue weighted by Crippen LogP contribution is 2.27. The molecule has 0 radical (unpaired) electrons. The number of carbonyl (C=O) groups excluding carboxylic acids is 1. The van der Waals surface area contributed by atoms with Crippen molar-refractivity contribution in [1.29, 1.82) is 5.26 Å². The summed E-state index contributed by atoms with van der Waals surface area (Å²) in [6.07, 6.45) is 4.42. The molecular formula is C18H19N5O4S. The number of likely N-dealkylation sites (tertiary alicyclic amines) is 1. The van der Waals surface area contributed by atoms with E-state index in [1.54, 1.807) is 17.0 Å². The fraction of sp³-hybridized carbons (Fsp3) is 0.333. The predicted octanol–water partition coefficient (Wildman–Crippen LogP) is 1.49. The number of nitriles is 1. The Morgan fingerprint density at radius 2 is 1.93 bits per heavy atom. The molecule has 0 unspecified atom stereocenters. The van der Waals surface area contributed by atoms with Crippen molar-refractivity contribution in [2.45, 2.75) is 23.8 Å². The standard InChI is InChI=1S/C18H19N5O4S/c1-28(25,26)15-4-2-13(3-5-15)22-17-16(10-19)18(21-11-20-17)27-14-6-8-23(12-24)9-7-14/h2-5,11-12,14H,6-9H2,1H3,(H,20,21,22). The highest BCUT2D eigenvalue weighted by molar-refractivity contribution is 7.90. The minimum atomic E-state index is -3.29. The first-order valence-corrected chi connectivity index (χ1v) is 10.5. The number of ether oxygens (including phenoxy) is 1. The smallest absolute Gasteiger partial charge is 0.237 e. The highest BCUT2D eigenvalue weighted by Gasteiger charge is 2.22. The van der Waals surface area contributed by atoms with Crippen molar-refractivity contribution in [2.75, 3.05) is 24.7 Å². The molecule has 1 aliphatic rings. The van der Waals surface area contributed by atoms with E-state index in [0.29, 0.717) is 31.6 Å². The van der Waals surface area contributed by atoms with E-state index in [1.807, 2.05) is 0 Å². The van der Waals surface area contributed by atoms with Gasteiger partial charge in [0.15, 0.2) is 21.2 Å². The summed E-state index contributed by atoms with van der Waals surface area (Å²) in [6, 6.07) is 8.19. The van der Waals surface area contributed by atoms with Crippen LogP contribution in [0.15, 0.2) is 35.5 Å². The van der Waals surface area contributed by atoms with E-state index in [-0.39, 0.29) is 28.3 Å². The van der Waals surface area contributed by atoms with Gasteiger partial charge < -0.3 is 15.0 Å². The van der Waals surface area contributed by atoms with Crippen LogP contribution in [0.2, 0.25) is 0 Å². The zero-order valence-electron chi connectivity index (χ0n) is 15.2. The molecule has 1 saturated heterocycles. The summed E-state index contributed by atoms with van der Waals surface area (Å²) in [7, 11) is -3.29. The van der Waals surface area contributed by atoms with Crippen molar-refractivity contribution in [2.24, 2.45) is 0 Å².